The normalized spacial score (nSPS) is 12.1. The highest BCUT2D eigenvalue weighted by Gasteiger charge is 2.08. The summed E-state index contributed by atoms with van der Waals surface area (Å²) in [5.41, 5.74) is 1.18. The van der Waals surface area contributed by atoms with Gasteiger partial charge in [-0.05, 0) is 25.8 Å². The Bertz CT molecular complexity index is 577. The van der Waals surface area contributed by atoms with Crippen LogP contribution in [0.2, 0.25) is 0 Å². The molecule has 0 aliphatic heterocycles. The summed E-state index contributed by atoms with van der Waals surface area (Å²) in [6.45, 7) is 4.65. The molecule has 100 valence electrons. The summed E-state index contributed by atoms with van der Waals surface area (Å²) in [4.78, 5) is 16.1. The van der Waals surface area contributed by atoms with E-state index in [1.54, 1.807) is 17.0 Å². The molecule has 0 saturated heterocycles. The number of nitrogens with one attached hydrogen (secondary N) is 1. The third-order valence-corrected chi connectivity index (χ3v) is 3.02. The fraction of sp³-hybridized carbons (Fsp3) is 0.333. The lowest BCUT2D eigenvalue weighted by Crippen LogP contribution is -2.28. The first-order chi connectivity index (χ1) is 9.20. The van der Waals surface area contributed by atoms with Crippen molar-refractivity contribution in [3.8, 4) is 0 Å². The topological polar surface area (TPSA) is 46.9 Å². The number of hydrogen-bond acceptors (Lipinski definition) is 3. The molecule has 0 aliphatic rings. The molecule has 1 atom stereocenters. The van der Waals surface area contributed by atoms with Crippen LogP contribution < -0.4 is 10.9 Å². The standard InChI is InChI=1S/C15H19N3O/c1-3-18-10-9-16-14(15(18)19)17-12(2)11-13-7-5-4-6-8-13/h4-10,12H,3,11H2,1-2H3,(H,16,17). The van der Waals surface area contributed by atoms with Crippen LogP contribution in [0.3, 0.4) is 0 Å². The van der Waals surface area contributed by atoms with Crippen LogP contribution in [0.25, 0.3) is 0 Å². The summed E-state index contributed by atoms with van der Waals surface area (Å²) in [5.74, 6) is 0.424. The smallest absolute Gasteiger partial charge is 0.293 e. The zero-order valence-corrected chi connectivity index (χ0v) is 11.3. The molecule has 0 aliphatic carbocycles. The number of anilines is 1. The third kappa shape index (κ3) is 3.44. The van der Waals surface area contributed by atoms with E-state index in [0.717, 1.165) is 6.42 Å². The van der Waals surface area contributed by atoms with E-state index in [1.807, 2.05) is 25.1 Å². The zero-order valence-electron chi connectivity index (χ0n) is 11.3. The van der Waals surface area contributed by atoms with Crippen LogP contribution in [0.4, 0.5) is 5.82 Å². The van der Waals surface area contributed by atoms with Crippen LogP contribution in [-0.2, 0) is 13.0 Å². The van der Waals surface area contributed by atoms with E-state index in [4.69, 9.17) is 0 Å². The Hall–Kier alpha value is -2.10. The highest BCUT2D eigenvalue weighted by Crippen LogP contribution is 2.06. The van der Waals surface area contributed by atoms with Gasteiger partial charge in [-0.15, -0.1) is 0 Å². The Balaban J connectivity index is 2.07. The van der Waals surface area contributed by atoms with Gasteiger partial charge in [0.2, 0.25) is 0 Å². The molecule has 1 unspecified atom stereocenters. The Kier molecular flexibility index (Phi) is 4.34. The van der Waals surface area contributed by atoms with Crippen molar-refractivity contribution < 1.29 is 0 Å². The highest BCUT2D eigenvalue weighted by molar-refractivity contribution is 5.33. The average molecular weight is 257 g/mol. The molecule has 0 amide bonds. The number of rotatable bonds is 5. The molecule has 1 N–H and O–H groups in total. The Labute approximate surface area is 113 Å². The molecule has 0 radical (unpaired) electrons. The minimum absolute atomic E-state index is 0.0649. The number of nitrogens with zero attached hydrogens (tertiary/aromatic N) is 2. The SMILES string of the molecule is CCn1ccnc(NC(C)Cc2ccccc2)c1=O. The van der Waals surface area contributed by atoms with Gasteiger partial charge in [0.1, 0.15) is 0 Å². The van der Waals surface area contributed by atoms with E-state index in [-0.39, 0.29) is 11.6 Å². The summed E-state index contributed by atoms with van der Waals surface area (Å²) >= 11 is 0. The quantitative estimate of drug-likeness (QED) is 0.894. The van der Waals surface area contributed by atoms with E-state index in [1.165, 1.54) is 5.56 Å². The molecule has 1 aromatic carbocycles. The van der Waals surface area contributed by atoms with Gasteiger partial charge in [0.15, 0.2) is 5.82 Å². The van der Waals surface area contributed by atoms with E-state index >= 15 is 0 Å². The molecular formula is C15H19N3O. The maximum absolute atomic E-state index is 12.0. The van der Waals surface area contributed by atoms with E-state index in [0.29, 0.717) is 12.4 Å². The second kappa shape index (κ2) is 6.18. The van der Waals surface area contributed by atoms with E-state index in [2.05, 4.69) is 29.4 Å². The number of aryl methyl sites for hydroxylation is 1. The summed E-state index contributed by atoms with van der Waals surface area (Å²) in [5, 5.41) is 3.19. The van der Waals surface area contributed by atoms with Crippen LogP contribution in [-0.4, -0.2) is 15.6 Å². The van der Waals surface area contributed by atoms with Gasteiger partial charge in [0.25, 0.3) is 5.56 Å². The molecule has 0 saturated carbocycles. The summed E-state index contributed by atoms with van der Waals surface area (Å²) < 4.78 is 1.64. The average Bonchev–Trinajstić information content (AvgIpc) is 2.42. The van der Waals surface area contributed by atoms with Crippen LogP contribution in [0.15, 0.2) is 47.5 Å². The molecule has 2 rings (SSSR count). The van der Waals surface area contributed by atoms with Gasteiger partial charge in [0.05, 0.1) is 0 Å². The molecule has 19 heavy (non-hydrogen) atoms. The van der Waals surface area contributed by atoms with Gasteiger partial charge in [0, 0.05) is 25.0 Å². The molecule has 1 heterocycles. The van der Waals surface area contributed by atoms with E-state index < -0.39 is 0 Å². The number of aromatic nitrogens is 2. The maximum Gasteiger partial charge on any atom is 0.293 e. The van der Waals surface area contributed by atoms with Crippen LogP contribution >= 0.6 is 0 Å². The predicted molar refractivity (Wildman–Crippen MR) is 77.4 cm³/mol. The zero-order chi connectivity index (χ0) is 13.7. The lowest BCUT2D eigenvalue weighted by molar-refractivity contribution is 0.709. The van der Waals surface area contributed by atoms with Crippen molar-refractivity contribution in [3.05, 3.63) is 58.6 Å². The minimum atomic E-state index is -0.0649. The number of benzene rings is 1. The molecule has 4 heteroatoms. The fourth-order valence-corrected chi connectivity index (χ4v) is 2.05. The molecule has 2 aromatic rings. The molecular weight excluding hydrogens is 238 g/mol. The van der Waals surface area contributed by atoms with Crippen LogP contribution in [0.1, 0.15) is 19.4 Å². The van der Waals surface area contributed by atoms with Crippen molar-refractivity contribution in [2.24, 2.45) is 0 Å². The van der Waals surface area contributed by atoms with Crippen LogP contribution in [0, 0.1) is 0 Å². The second-order valence-electron chi connectivity index (χ2n) is 4.60. The predicted octanol–water partition coefficient (Wildman–Crippen LogP) is 2.31. The molecule has 4 nitrogen and oxygen atoms in total. The minimum Gasteiger partial charge on any atom is -0.363 e. The summed E-state index contributed by atoms with van der Waals surface area (Å²) in [6.07, 6.45) is 4.22. The van der Waals surface area contributed by atoms with Gasteiger partial charge >= 0.3 is 0 Å². The van der Waals surface area contributed by atoms with Crippen molar-refractivity contribution in [2.75, 3.05) is 5.32 Å². The molecule has 0 bridgehead atoms. The lowest BCUT2D eigenvalue weighted by atomic mass is 10.1. The van der Waals surface area contributed by atoms with Crippen molar-refractivity contribution in [2.45, 2.75) is 32.9 Å². The largest absolute Gasteiger partial charge is 0.363 e. The monoisotopic (exact) mass is 257 g/mol. The van der Waals surface area contributed by atoms with Gasteiger partial charge < -0.3 is 9.88 Å². The summed E-state index contributed by atoms with van der Waals surface area (Å²) in [7, 11) is 0. The van der Waals surface area contributed by atoms with Gasteiger partial charge in [-0.1, -0.05) is 30.3 Å². The van der Waals surface area contributed by atoms with Gasteiger partial charge in [-0.25, -0.2) is 4.98 Å². The highest BCUT2D eigenvalue weighted by atomic mass is 16.1. The Morgan fingerprint density at radius 2 is 2.05 bits per heavy atom. The van der Waals surface area contributed by atoms with Crippen molar-refractivity contribution >= 4 is 5.82 Å². The lowest BCUT2D eigenvalue weighted by Gasteiger charge is -2.14. The first-order valence-corrected chi connectivity index (χ1v) is 6.56. The fourth-order valence-electron chi connectivity index (χ4n) is 2.05. The third-order valence-electron chi connectivity index (χ3n) is 3.02. The summed E-state index contributed by atoms with van der Waals surface area (Å²) in [6, 6.07) is 10.4. The second-order valence-corrected chi connectivity index (χ2v) is 4.60. The van der Waals surface area contributed by atoms with Crippen molar-refractivity contribution in [1.82, 2.24) is 9.55 Å². The van der Waals surface area contributed by atoms with Crippen molar-refractivity contribution in [3.63, 3.8) is 0 Å². The molecule has 0 spiro atoms. The van der Waals surface area contributed by atoms with Crippen molar-refractivity contribution in [1.29, 1.82) is 0 Å². The first-order valence-electron chi connectivity index (χ1n) is 6.56. The maximum atomic E-state index is 12.0. The Morgan fingerprint density at radius 1 is 1.32 bits per heavy atom. The molecule has 0 fully saturated rings. The van der Waals surface area contributed by atoms with E-state index in [9.17, 15) is 4.79 Å². The van der Waals surface area contributed by atoms with Gasteiger partial charge in [-0.3, -0.25) is 4.79 Å². The molecule has 1 aromatic heterocycles. The van der Waals surface area contributed by atoms with Gasteiger partial charge in [-0.2, -0.15) is 0 Å². The number of hydrogen-bond donors (Lipinski definition) is 1. The van der Waals surface area contributed by atoms with Crippen LogP contribution in [0.5, 0.6) is 0 Å². The first kappa shape index (κ1) is 13.3. The Morgan fingerprint density at radius 3 is 2.74 bits per heavy atom.